The Bertz CT molecular complexity index is 909. The molecule has 0 aromatic heterocycles. The van der Waals surface area contributed by atoms with Crippen molar-refractivity contribution >= 4 is 17.3 Å². The van der Waals surface area contributed by atoms with Gasteiger partial charge in [0.15, 0.2) is 5.60 Å². The van der Waals surface area contributed by atoms with Crippen LogP contribution < -0.4 is 5.73 Å². The Balaban J connectivity index is 2.02. The molecule has 1 aliphatic rings. The standard InChI is InChI=1S/C18H16N4O4/c19-9-13-11-21(10-12-4-2-1-3-5-12)17(23)18(13,24)15-8-14(22(25)26)6-7-16(15)20/h1-8,13,24H,10-11,20H2/t13-,18+/m0/s1. The summed E-state index contributed by atoms with van der Waals surface area (Å²) in [5, 5.41) is 31.6. The van der Waals surface area contributed by atoms with Gasteiger partial charge in [-0.1, -0.05) is 30.3 Å². The van der Waals surface area contributed by atoms with Crippen molar-refractivity contribution in [3.63, 3.8) is 0 Å². The Morgan fingerprint density at radius 3 is 2.65 bits per heavy atom. The number of hydrogen-bond acceptors (Lipinski definition) is 6. The van der Waals surface area contributed by atoms with E-state index in [0.717, 1.165) is 11.6 Å². The van der Waals surface area contributed by atoms with Crippen LogP contribution in [0.2, 0.25) is 0 Å². The topological polar surface area (TPSA) is 133 Å². The minimum absolute atomic E-state index is 0.00284. The highest BCUT2D eigenvalue weighted by Gasteiger charge is 2.55. The Hall–Kier alpha value is -3.44. The van der Waals surface area contributed by atoms with Gasteiger partial charge in [0.1, 0.15) is 5.92 Å². The molecule has 2 atom stereocenters. The maximum atomic E-state index is 12.9. The summed E-state index contributed by atoms with van der Waals surface area (Å²) in [6, 6.07) is 14.6. The lowest BCUT2D eigenvalue weighted by Crippen LogP contribution is -2.41. The second-order valence-corrected chi connectivity index (χ2v) is 6.15. The first-order chi connectivity index (χ1) is 12.4. The Labute approximate surface area is 149 Å². The van der Waals surface area contributed by atoms with Crippen LogP contribution in [-0.2, 0) is 16.9 Å². The van der Waals surface area contributed by atoms with Crippen LogP contribution >= 0.6 is 0 Å². The van der Waals surface area contributed by atoms with E-state index in [-0.39, 0.29) is 30.0 Å². The zero-order valence-corrected chi connectivity index (χ0v) is 13.7. The second kappa shape index (κ2) is 6.46. The van der Waals surface area contributed by atoms with Crippen molar-refractivity contribution in [1.29, 1.82) is 5.26 Å². The molecule has 26 heavy (non-hydrogen) atoms. The van der Waals surface area contributed by atoms with Gasteiger partial charge in [-0.25, -0.2) is 0 Å². The maximum Gasteiger partial charge on any atom is 0.269 e. The number of hydrogen-bond donors (Lipinski definition) is 2. The molecular weight excluding hydrogens is 336 g/mol. The number of nitrogens with zero attached hydrogens (tertiary/aromatic N) is 3. The summed E-state index contributed by atoms with van der Waals surface area (Å²) >= 11 is 0. The van der Waals surface area contributed by atoms with E-state index in [1.807, 2.05) is 36.4 Å². The number of nitrogen functional groups attached to an aromatic ring is 1. The SMILES string of the molecule is N#C[C@H]1CN(Cc2ccccc2)C(=O)[C@]1(O)c1cc([N+](=O)[O-])ccc1N. The number of nitro groups is 1. The lowest BCUT2D eigenvalue weighted by molar-refractivity contribution is -0.385. The van der Waals surface area contributed by atoms with Gasteiger partial charge in [0.05, 0.1) is 11.0 Å². The number of likely N-dealkylation sites (tertiary alicyclic amines) is 1. The molecule has 1 amide bonds. The summed E-state index contributed by atoms with van der Waals surface area (Å²) < 4.78 is 0. The number of carbonyl (C=O) groups is 1. The largest absolute Gasteiger partial charge is 0.398 e. The van der Waals surface area contributed by atoms with E-state index in [1.165, 1.54) is 17.0 Å². The molecule has 0 saturated carbocycles. The molecule has 1 saturated heterocycles. The molecule has 2 aromatic rings. The molecule has 3 rings (SSSR count). The number of amides is 1. The second-order valence-electron chi connectivity index (χ2n) is 6.15. The van der Waals surface area contributed by atoms with Crippen LogP contribution in [0.5, 0.6) is 0 Å². The molecule has 2 aromatic carbocycles. The fourth-order valence-corrected chi connectivity index (χ4v) is 3.19. The lowest BCUT2D eigenvalue weighted by Gasteiger charge is -2.25. The maximum absolute atomic E-state index is 12.9. The van der Waals surface area contributed by atoms with Crippen molar-refractivity contribution in [2.75, 3.05) is 12.3 Å². The molecule has 0 unspecified atom stereocenters. The molecule has 0 spiro atoms. The van der Waals surface area contributed by atoms with Gasteiger partial charge in [0, 0.05) is 36.5 Å². The highest BCUT2D eigenvalue weighted by molar-refractivity contribution is 5.91. The Kier molecular flexibility index (Phi) is 4.32. The Morgan fingerprint density at radius 2 is 2.04 bits per heavy atom. The smallest absolute Gasteiger partial charge is 0.269 e. The number of nitrogens with two attached hydrogens (primary N) is 1. The fourth-order valence-electron chi connectivity index (χ4n) is 3.19. The van der Waals surface area contributed by atoms with Crippen LogP contribution in [0.4, 0.5) is 11.4 Å². The molecule has 0 aliphatic carbocycles. The molecule has 8 heteroatoms. The normalized spacial score (nSPS) is 22.2. The number of aliphatic hydroxyl groups is 1. The number of nitriles is 1. The zero-order chi connectivity index (χ0) is 18.9. The van der Waals surface area contributed by atoms with Gasteiger partial charge in [0.25, 0.3) is 11.6 Å². The molecule has 0 bridgehead atoms. The number of carbonyl (C=O) groups excluding carboxylic acids is 1. The van der Waals surface area contributed by atoms with Crippen LogP contribution in [0.3, 0.4) is 0 Å². The third-order valence-corrected chi connectivity index (χ3v) is 4.55. The van der Waals surface area contributed by atoms with Gasteiger partial charge >= 0.3 is 0 Å². The first-order valence-corrected chi connectivity index (χ1v) is 7.87. The van der Waals surface area contributed by atoms with E-state index >= 15 is 0 Å². The van der Waals surface area contributed by atoms with Crippen LogP contribution in [0.15, 0.2) is 48.5 Å². The van der Waals surface area contributed by atoms with E-state index < -0.39 is 22.3 Å². The minimum Gasteiger partial charge on any atom is -0.398 e. The van der Waals surface area contributed by atoms with E-state index in [0.29, 0.717) is 0 Å². The third-order valence-electron chi connectivity index (χ3n) is 4.55. The summed E-state index contributed by atoms with van der Waals surface area (Å²) in [7, 11) is 0. The molecular formula is C18H16N4O4. The number of non-ortho nitro benzene ring substituents is 1. The summed E-state index contributed by atoms with van der Waals surface area (Å²) in [6.07, 6.45) is 0. The van der Waals surface area contributed by atoms with Crippen molar-refractivity contribution in [2.24, 2.45) is 5.92 Å². The van der Waals surface area contributed by atoms with Crippen molar-refractivity contribution in [3.05, 3.63) is 69.8 Å². The average molecular weight is 352 g/mol. The number of anilines is 1. The van der Waals surface area contributed by atoms with E-state index in [4.69, 9.17) is 5.73 Å². The van der Waals surface area contributed by atoms with Gasteiger partial charge < -0.3 is 15.7 Å². The highest BCUT2D eigenvalue weighted by atomic mass is 16.6. The molecule has 132 valence electrons. The van der Waals surface area contributed by atoms with Gasteiger partial charge in [0.2, 0.25) is 0 Å². The number of rotatable bonds is 4. The van der Waals surface area contributed by atoms with Gasteiger partial charge in [-0.05, 0) is 11.6 Å². The quantitative estimate of drug-likeness (QED) is 0.487. The first kappa shape index (κ1) is 17.4. The predicted octanol–water partition coefficient (Wildman–Crippen LogP) is 1.55. The molecule has 8 nitrogen and oxygen atoms in total. The van der Waals surface area contributed by atoms with Crippen LogP contribution in [-0.4, -0.2) is 27.4 Å². The number of benzene rings is 2. The van der Waals surface area contributed by atoms with E-state index in [2.05, 4.69) is 0 Å². The molecule has 0 radical (unpaired) electrons. The highest BCUT2D eigenvalue weighted by Crippen LogP contribution is 2.42. The summed E-state index contributed by atoms with van der Waals surface area (Å²) in [4.78, 5) is 24.7. The van der Waals surface area contributed by atoms with Crippen molar-refractivity contribution in [2.45, 2.75) is 12.1 Å². The summed E-state index contributed by atoms with van der Waals surface area (Å²) in [5.74, 6) is -1.79. The fraction of sp³-hybridized carbons (Fsp3) is 0.222. The van der Waals surface area contributed by atoms with Crippen LogP contribution in [0.25, 0.3) is 0 Å². The molecule has 3 N–H and O–H groups in total. The Morgan fingerprint density at radius 1 is 1.35 bits per heavy atom. The van der Waals surface area contributed by atoms with E-state index in [9.17, 15) is 25.3 Å². The first-order valence-electron chi connectivity index (χ1n) is 7.87. The van der Waals surface area contributed by atoms with Crippen LogP contribution in [0.1, 0.15) is 11.1 Å². The van der Waals surface area contributed by atoms with Crippen LogP contribution in [0, 0.1) is 27.4 Å². The van der Waals surface area contributed by atoms with Gasteiger partial charge in [-0.15, -0.1) is 0 Å². The predicted molar refractivity (Wildman–Crippen MR) is 92.4 cm³/mol. The minimum atomic E-state index is -2.22. The zero-order valence-electron chi connectivity index (χ0n) is 13.7. The summed E-state index contributed by atoms with van der Waals surface area (Å²) in [5.41, 5.74) is 4.09. The third kappa shape index (κ3) is 2.74. The average Bonchev–Trinajstić information content (AvgIpc) is 2.88. The van der Waals surface area contributed by atoms with Crippen molar-refractivity contribution in [1.82, 2.24) is 4.90 Å². The van der Waals surface area contributed by atoms with Crippen molar-refractivity contribution in [3.8, 4) is 6.07 Å². The monoisotopic (exact) mass is 352 g/mol. The van der Waals surface area contributed by atoms with Crippen molar-refractivity contribution < 1.29 is 14.8 Å². The van der Waals surface area contributed by atoms with Gasteiger partial charge in [-0.2, -0.15) is 5.26 Å². The van der Waals surface area contributed by atoms with E-state index in [1.54, 1.807) is 0 Å². The molecule has 1 fully saturated rings. The number of nitro benzene ring substituents is 1. The molecule has 1 aliphatic heterocycles. The molecule has 1 heterocycles. The summed E-state index contributed by atoms with van der Waals surface area (Å²) in [6.45, 7) is 0.220. The lowest BCUT2D eigenvalue weighted by atomic mass is 9.83. The van der Waals surface area contributed by atoms with Gasteiger partial charge in [-0.3, -0.25) is 14.9 Å².